The number of benzene rings is 2. The molecule has 0 saturated carbocycles. The second kappa shape index (κ2) is 11.0. The molecule has 2 aromatic carbocycles. The predicted octanol–water partition coefficient (Wildman–Crippen LogP) is 2.02. The smallest absolute Gasteiger partial charge is 0.329 e. The molecule has 160 valence electrons. The average molecular weight is 463 g/mol. The molecule has 3 amide bonds. The highest BCUT2D eigenvalue weighted by Crippen LogP contribution is 2.20. The highest BCUT2D eigenvalue weighted by Gasteiger charge is 2.25. The van der Waals surface area contributed by atoms with E-state index in [1.165, 1.54) is 42.5 Å². The molecule has 1 unspecified atom stereocenters. The molecule has 1 atom stereocenters. The molecule has 11 heteroatoms. The van der Waals surface area contributed by atoms with Gasteiger partial charge in [-0.2, -0.15) is 5.26 Å². The van der Waals surface area contributed by atoms with E-state index in [9.17, 15) is 19.2 Å². The van der Waals surface area contributed by atoms with Crippen LogP contribution in [0.15, 0.2) is 42.5 Å². The zero-order valence-electron chi connectivity index (χ0n) is 15.9. The van der Waals surface area contributed by atoms with Crippen LogP contribution >= 0.6 is 23.2 Å². The number of halogens is 2. The summed E-state index contributed by atoms with van der Waals surface area (Å²) in [6, 6.07) is 10.5. The Hall–Kier alpha value is -3.61. The lowest BCUT2D eigenvalue weighted by molar-refractivity contribution is -0.150. The summed E-state index contributed by atoms with van der Waals surface area (Å²) in [5.41, 5.74) is 5.62. The summed E-state index contributed by atoms with van der Waals surface area (Å²) in [5, 5.41) is 14.5. The van der Waals surface area contributed by atoms with E-state index in [-0.39, 0.29) is 21.8 Å². The van der Waals surface area contributed by atoms with Gasteiger partial charge in [0, 0.05) is 15.6 Å². The molecule has 0 heterocycles. The first-order chi connectivity index (χ1) is 14.7. The van der Waals surface area contributed by atoms with Gasteiger partial charge in [0.1, 0.15) is 12.1 Å². The van der Waals surface area contributed by atoms with E-state index < -0.39 is 42.8 Å². The minimum atomic E-state index is -1.41. The van der Waals surface area contributed by atoms with Crippen LogP contribution in [-0.2, 0) is 19.1 Å². The number of nitrogens with two attached hydrogens (primary N) is 1. The van der Waals surface area contributed by atoms with Gasteiger partial charge < -0.3 is 21.1 Å². The Kier molecular flexibility index (Phi) is 8.37. The molecule has 2 aromatic rings. The number of carbonyl (C=O) groups is 4. The van der Waals surface area contributed by atoms with Gasteiger partial charge in [0.25, 0.3) is 11.8 Å². The van der Waals surface area contributed by atoms with Gasteiger partial charge in [-0.25, -0.2) is 4.79 Å². The first-order valence-corrected chi connectivity index (χ1v) is 9.46. The van der Waals surface area contributed by atoms with Crippen LogP contribution in [0.1, 0.15) is 22.3 Å². The number of esters is 1. The summed E-state index contributed by atoms with van der Waals surface area (Å²) >= 11 is 11.6. The number of nitrogens with zero attached hydrogens (tertiary/aromatic N) is 1. The van der Waals surface area contributed by atoms with Gasteiger partial charge in [-0.15, -0.1) is 0 Å². The number of primary amides is 1. The number of hydrogen-bond acceptors (Lipinski definition) is 6. The van der Waals surface area contributed by atoms with Crippen LogP contribution in [0.25, 0.3) is 0 Å². The van der Waals surface area contributed by atoms with Gasteiger partial charge >= 0.3 is 5.97 Å². The van der Waals surface area contributed by atoms with E-state index in [1.54, 1.807) is 0 Å². The summed E-state index contributed by atoms with van der Waals surface area (Å²) < 4.78 is 4.89. The third-order valence-electron chi connectivity index (χ3n) is 3.82. The maximum Gasteiger partial charge on any atom is 0.329 e. The molecule has 0 saturated heterocycles. The van der Waals surface area contributed by atoms with E-state index in [2.05, 4.69) is 10.6 Å². The lowest BCUT2D eigenvalue weighted by atomic mass is 10.1. The van der Waals surface area contributed by atoms with Crippen LogP contribution in [0.4, 0.5) is 5.69 Å². The molecule has 2 rings (SSSR count). The molecular weight excluding hydrogens is 447 g/mol. The Labute approximate surface area is 187 Å². The largest absolute Gasteiger partial charge is 0.454 e. The van der Waals surface area contributed by atoms with Crippen molar-refractivity contribution in [3.05, 3.63) is 63.6 Å². The van der Waals surface area contributed by atoms with Crippen LogP contribution in [0.3, 0.4) is 0 Å². The molecule has 9 nitrogen and oxygen atoms in total. The molecule has 0 radical (unpaired) electrons. The Morgan fingerprint density at radius 3 is 2.32 bits per heavy atom. The van der Waals surface area contributed by atoms with Crippen LogP contribution in [-0.4, -0.2) is 36.3 Å². The summed E-state index contributed by atoms with van der Waals surface area (Å²) in [5.74, 6) is -3.32. The third-order valence-corrected chi connectivity index (χ3v) is 4.31. The Bertz CT molecular complexity index is 1050. The van der Waals surface area contributed by atoms with E-state index >= 15 is 0 Å². The standard InChI is InChI=1S/C20H16Cl2N4O5/c21-13-4-1-11(2-5-13)19(29)26-16(8-17(24)27)20(30)31-10-18(28)25-15-7-14(22)6-3-12(15)9-23/h1-7,16H,8,10H2,(H2,24,27)(H,25,28)(H,26,29). The molecule has 31 heavy (non-hydrogen) atoms. The normalized spacial score (nSPS) is 11.0. The van der Waals surface area contributed by atoms with Crippen molar-refractivity contribution in [2.45, 2.75) is 12.5 Å². The van der Waals surface area contributed by atoms with E-state index in [4.69, 9.17) is 38.9 Å². The monoisotopic (exact) mass is 462 g/mol. The zero-order valence-corrected chi connectivity index (χ0v) is 17.4. The number of nitriles is 1. The Morgan fingerprint density at radius 2 is 1.71 bits per heavy atom. The molecule has 0 bridgehead atoms. The average Bonchev–Trinajstić information content (AvgIpc) is 2.71. The Balaban J connectivity index is 2.00. The summed E-state index contributed by atoms with van der Waals surface area (Å²) in [6.07, 6.45) is -0.535. The maximum atomic E-state index is 12.3. The topological polar surface area (TPSA) is 151 Å². The van der Waals surface area contributed by atoms with Crippen LogP contribution in [0, 0.1) is 11.3 Å². The fourth-order valence-electron chi connectivity index (χ4n) is 2.38. The number of amides is 3. The highest BCUT2D eigenvalue weighted by atomic mass is 35.5. The second-order valence-electron chi connectivity index (χ2n) is 6.16. The fraction of sp³-hybridized carbons (Fsp3) is 0.150. The minimum absolute atomic E-state index is 0.140. The van der Waals surface area contributed by atoms with Crippen molar-refractivity contribution in [1.29, 1.82) is 5.26 Å². The van der Waals surface area contributed by atoms with Crippen molar-refractivity contribution in [3.63, 3.8) is 0 Å². The second-order valence-corrected chi connectivity index (χ2v) is 7.03. The lowest BCUT2D eigenvalue weighted by Gasteiger charge is -2.16. The predicted molar refractivity (Wildman–Crippen MR) is 112 cm³/mol. The number of nitrogens with one attached hydrogen (secondary N) is 2. The summed E-state index contributed by atoms with van der Waals surface area (Å²) in [6.45, 7) is -0.734. The molecule has 0 aliphatic rings. The molecule has 4 N–H and O–H groups in total. The highest BCUT2D eigenvalue weighted by molar-refractivity contribution is 6.31. The number of anilines is 1. The van der Waals surface area contributed by atoms with Gasteiger partial charge in [-0.1, -0.05) is 23.2 Å². The molecular formula is C20H16Cl2N4O5. The van der Waals surface area contributed by atoms with Crippen LogP contribution < -0.4 is 16.4 Å². The third kappa shape index (κ3) is 7.29. The van der Waals surface area contributed by atoms with E-state index in [0.29, 0.717) is 5.02 Å². The summed E-state index contributed by atoms with van der Waals surface area (Å²) in [4.78, 5) is 48.0. The number of rotatable bonds is 8. The fourth-order valence-corrected chi connectivity index (χ4v) is 2.68. The van der Waals surface area contributed by atoms with Crippen molar-refractivity contribution in [2.24, 2.45) is 5.73 Å². The number of hydrogen-bond donors (Lipinski definition) is 3. The molecule has 0 spiro atoms. The molecule has 0 aliphatic carbocycles. The van der Waals surface area contributed by atoms with E-state index in [1.807, 2.05) is 6.07 Å². The van der Waals surface area contributed by atoms with Crippen molar-refractivity contribution in [3.8, 4) is 6.07 Å². The number of carbonyl (C=O) groups excluding carboxylic acids is 4. The quantitative estimate of drug-likeness (QED) is 0.510. The molecule has 0 fully saturated rings. The first-order valence-electron chi connectivity index (χ1n) is 8.70. The van der Waals surface area contributed by atoms with Crippen LogP contribution in [0.5, 0.6) is 0 Å². The zero-order chi connectivity index (χ0) is 23.0. The van der Waals surface area contributed by atoms with Crippen LogP contribution in [0.2, 0.25) is 10.0 Å². The first kappa shape index (κ1) is 23.7. The van der Waals surface area contributed by atoms with Gasteiger partial charge in [0.15, 0.2) is 6.61 Å². The van der Waals surface area contributed by atoms with Crippen molar-refractivity contribution < 1.29 is 23.9 Å². The molecule has 0 aliphatic heterocycles. The van der Waals surface area contributed by atoms with Crippen molar-refractivity contribution in [2.75, 3.05) is 11.9 Å². The SMILES string of the molecule is N#Cc1ccc(Cl)cc1NC(=O)COC(=O)C(CC(N)=O)NC(=O)c1ccc(Cl)cc1. The summed E-state index contributed by atoms with van der Waals surface area (Å²) in [7, 11) is 0. The van der Waals surface area contributed by atoms with Gasteiger partial charge in [-0.3, -0.25) is 14.4 Å². The lowest BCUT2D eigenvalue weighted by Crippen LogP contribution is -2.44. The number of ether oxygens (including phenoxy) is 1. The van der Waals surface area contributed by atoms with Crippen molar-refractivity contribution >= 4 is 52.6 Å². The van der Waals surface area contributed by atoms with Crippen molar-refractivity contribution in [1.82, 2.24) is 5.32 Å². The van der Waals surface area contributed by atoms with Gasteiger partial charge in [0.05, 0.1) is 17.7 Å². The molecule has 0 aromatic heterocycles. The van der Waals surface area contributed by atoms with Gasteiger partial charge in [-0.05, 0) is 42.5 Å². The van der Waals surface area contributed by atoms with E-state index in [0.717, 1.165) is 0 Å². The van der Waals surface area contributed by atoms with Gasteiger partial charge in [0.2, 0.25) is 5.91 Å². The minimum Gasteiger partial charge on any atom is -0.454 e. The Morgan fingerprint density at radius 1 is 1.06 bits per heavy atom. The maximum absolute atomic E-state index is 12.3.